The van der Waals surface area contributed by atoms with E-state index in [0.717, 1.165) is 4.90 Å². The SMILES string of the molecule is CSc1ccc(C(=O)Nc2c(Cl)cncc2Cl)cc1OC(C)C. The molecule has 1 aromatic heterocycles. The number of carbonyl (C=O) groups excluding carboxylic acids is 1. The van der Waals surface area contributed by atoms with Crippen molar-refractivity contribution in [3.05, 3.63) is 46.2 Å². The monoisotopic (exact) mass is 370 g/mol. The summed E-state index contributed by atoms with van der Waals surface area (Å²) in [6.07, 6.45) is 4.82. The molecule has 0 radical (unpaired) electrons. The first-order valence-corrected chi connectivity index (χ1v) is 8.85. The zero-order chi connectivity index (χ0) is 17.0. The Bertz CT molecular complexity index is 703. The second-order valence-electron chi connectivity index (χ2n) is 4.96. The summed E-state index contributed by atoms with van der Waals surface area (Å²) >= 11 is 13.6. The number of pyridine rings is 1. The molecule has 0 bridgehead atoms. The van der Waals surface area contributed by atoms with Gasteiger partial charge in [-0.05, 0) is 38.3 Å². The fraction of sp³-hybridized carbons (Fsp3) is 0.250. The number of amides is 1. The molecule has 23 heavy (non-hydrogen) atoms. The lowest BCUT2D eigenvalue weighted by Gasteiger charge is -2.15. The van der Waals surface area contributed by atoms with E-state index >= 15 is 0 Å². The largest absolute Gasteiger partial charge is 0.490 e. The van der Waals surface area contributed by atoms with Crippen LogP contribution in [0, 0.1) is 0 Å². The summed E-state index contributed by atoms with van der Waals surface area (Å²) in [7, 11) is 0. The summed E-state index contributed by atoms with van der Waals surface area (Å²) in [6.45, 7) is 3.88. The van der Waals surface area contributed by atoms with E-state index in [0.29, 0.717) is 17.0 Å². The van der Waals surface area contributed by atoms with Gasteiger partial charge in [-0.1, -0.05) is 23.2 Å². The molecule has 7 heteroatoms. The summed E-state index contributed by atoms with van der Waals surface area (Å²) in [5.74, 6) is 0.355. The maximum Gasteiger partial charge on any atom is 0.255 e. The summed E-state index contributed by atoms with van der Waals surface area (Å²) < 4.78 is 5.76. The second kappa shape index (κ2) is 7.90. The second-order valence-corrected chi connectivity index (χ2v) is 6.63. The van der Waals surface area contributed by atoms with E-state index in [1.54, 1.807) is 23.9 Å². The van der Waals surface area contributed by atoms with Gasteiger partial charge < -0.3 is 10.1 Å². The molecule has 0 atom stereocenters. The van der Waals surface area contributed by atoms with Gasteiger partial charge in [0.05, 0.1) is 21.8 Å². The molecule has 1 heterocycles. The van der Waals surface area contributed by atoms with Gasteiger partial charge in [0.2, 0.25) is 0 Å². The molecule has 1 aromatic carbocycles. The first kappa shape index (κ1) is 17.9. The van der Waals surface area contributed by atoms with Gasteiger partial charge in [-0.15, -0.1) is 11.8 Å². The number of ether oxygens (including phenoxy) is 1. The molecule has 0 aliphatic heterocycles. The van der Waals surface area contributed by atoms with Crippen LogP contribution in [0.25, 0.3) is 0 Å². The summed E-state index contributed by atoms with van der Waals surface area (Å²) in [4.78, 5) is 17.3. The lowest BCUT2D eigenvalue weighted by atomic mass is 10.2. The van der Waals surface area contributed by atoms with E-state index < -0.39 is 0 Å². The number of thioether (sulfide) groups is 1. The Hall–Kier alpha value is -1.43. The summed E-state index contributed by atoms with van der Waals surface area (Å²) in [6, 6.07) is 5.30. The first-order valence-electron chi connectivity index (χ1n) is 6.87. The molecule has 122 valence electrons. The van der Waals surface area contributed by atoms with E-state index in [9.17, 15) is 4.79 Å². The molecule has 1 N–H and O–H groups in total. The summed E-state index contributed by atoms with van der Waals surface area (Å²) in [5, 5.41) is 3.27. The molecular formula is C16H16Cl2N2O2S. The Balaban J connectivity index is 2.29. The zero-order valence-electron chi connectivity index (χ0n) is 12.9. The van der Waals surface area contributed by atoms with Gasteiger partial charge in [-0.2, -0.15) is 0 Å². The Morgan fingerprint density at radius 2 is 1.91 bits per heavy atom. The average molecular weight is 371 g/mol. The van der Waals surface area contributed by atoms with Crippen molar-refractivity contribution in [3.63, 3.8) is 0 Å². The molecule has 4 nitrogen and oxygen atoms in total. The van der Waals surface area contributed by atoms with Gasteiger partial charge in [0.15, 0.2) is 0 Å². The quantitative estimate of drug-likeness (QED) is 0.739. The summed E-state index contributed by atoms with van der Waals surface area (Å²) in [5.41, 5.74) is 0.802. The van der Waals surface area contributed by atoms with Gasteiger partial charge >= 0.3 is 0 Å². The van der Waals surface area contributed by atoms with Crippen molar-refractivity contribution in [1.29, 1.82) is 0 Å². The Morgan fingerprint density at radius 1 is 1.26 bits per heavy atom. The van der Waals surface area contributed by atoms with Gasteiger partial charge in [0, 0.05) is 22.9 Å². The number of hydrogen-bond acceptors (Lipinski definition) is 4. The third-order valence-corrected chi connectivity index (χ3v) is 4.23. The van der Waals surface area contributed by atoms with Crippen LogP contribution in [-0.2, 0) is 0 Å². The molecule has 0 aliphatic carbocycles. The van der Waals surface area contributed by atoms with Crippen molar-refractivity contribution < 1.29 is 9.53 Å². The first-order chi connectivity index (χ1) is 10.9. The van der Waals surface area contributed by atoms with E-state index in [-0.39, 0.29) is 22.1 Å². The van der Waals surface area contributed by atoms with Crippen LogP contribution in [0.4, 0.5) is 5.69 Å². The number of halogens is 2. The maximum absolute atomic E-state index is 12.4. The van der Waals surface area contributed by atoms with Crippen molar-refractivity contribution in [3.8, 4) is 5.75 Å². The minimum Gasteiger partial charge on any atom is -0.490 e. The van der Waals surface area contributed by atoms with Gasteiger partial charge in [-0.3, -0.25) is 9.78 Å². The third-order valence-electron chi connectivity index (χ3n) is 2.88. The minimum atomic E-state index is -0.318. The van der Waals surface area contributed by atoms with E-state index in [2.05, 4.69) is 10.3 Å². The highest BCUT2D eigenvalue weighted by Gasteiger charge is 2.14. The fourth-order valence-electron chi connectivity index (χ4n) is 1.88. The Kier molecular flexibility index (Phi) is 6.16. The lowest BCUT2D eigenvalue weighted by molar-refractivity contribution is 0.102. The van der Waals surface area contributed by atoms with Crippen LogP contribution in [0.5, 0.6) is 5.75 Å². The Morgan fingerprint density at radius 3 is 2.48 bits per heavy atom. The molecule has 0 saturated heterocycles. The van der Waals surface area contributed by atoms with Crippen LogP contribution in [0.15, 0.2) is 35.5 Å². The predicted octanol–water partition coefficient (Wildman–Crippen LogP) is 5.15. The highest BCUT2D eigenvalue weighted by atomic mass is 35.5. The molecule has 0 unspecified atom stereocenters. The average Bonchev–Trinajstić information content (AvgIpc) is 2.50. The molecule has 2 rings (SSSR count). The zero-order valence-corrected chi connectivity index (χ0v) is 15.2. The molecule has 0 aliphatic rings. The molecule has 0 spiro atoms. The number of hydrogen-bond donors (Lipinski definition) is 1. The molecular weight excluding hydrogens is 355 g/mol. The van der Waals surface area contributed by atoms with Crippen molar-refractivity contribution in [2.45, 2.75) is 24.8 Å². The standard InChI is InChI=1S/C16H16Cl2N2O2S/c1-9(2)22-13-6-10(4-5-14(13)23-3)16(21)20-15-11(17)7-19-8-12(15)18/h4-9H,1-3H3,(H,19,20,21). The number of nitrogens with one attached hydrogen (secondary N) is 1. The molecule has 0 fully saturated rings. The van der Waals surface area contributed by atoms with Crippen molar-refractivity contribution >= 4 is 46.6 Å². The molecule has 0 saturated carbocycles. The number of aromatic nitrogens is 1. The Labute approximate surface area is 149 Å². The van der Waals surface area contributed by atoms with Gasteiger partial charge in [0.25, 0.3) is 5.91 Å². The van der Waals surface area contributed by atoms with Crippen LogP contribution in [0.2, 0.25) is 10.0 Å². The smallest absolute Gasteiger partial charge is 0.255 e. The normalized spacial score (nSPS) is 10.7. The highest BCUT2D eigenvalue weighted by molar-refractivity contribution is 7.98. The van der Waals surface area contributed by atoms with Gasteiger partial charge in [-0.25, -0.2) is 0 Å². The third kappa shape index (κ3) is 4.53. The van der Waals surface area contributed by atoms with Crippen molar-refractivity contribution in [2.75, 3.05) is 11.6 Å². The number of carbonyl (C=O) groups is 1. The molecule has 1 amide bonds. The highest BCUT2D eigenvalue weighted by Crippen LogP contribution is 2.32. The number of benzene rings is 1. The van der Waals surface area contributed by atoms with Gasteiger partial charge in [0.1, 0.15) is 5.75 Å². The molecule has 2 aromatic rings. The minimum absolute atomic E-state index is 0.0169. The van der Waals surface area contributed by atoms with Crippen molar-refractivity contribution in [2.24, 2.45) is 0 Å². The van der Waals surface area contributed by atoms with Crippen LogP contribution >= 0.6 is 35.0 Å². The van der Waals surface area contributed by atoms with E-state index in [1.165, 1.54) is 12.4 Å². The number of anilines is 1. The van der Waals surface area contributed by atoms with Crippen LogP contribution in [0.3, 0.4) is 0 Å². The number of nitrogens with zero attached hydrogens (tertiary/aromatic N) is 1. The topological polar surface area (TPSA) is 51.2 Å². The van der Waals surface area contributed by atoms with E-state index in [1.807, 2.05) is 26.2 Å². The van der Waals surface area contributed by atoms with Crippen LogP contribution in [0.1, 0.15) is 24.2 Å². The van der Waals surface area contributed by atoms with Crippen molar-refractivity contribution in [1.82, 2.24) is 4.98 Å². The van der Waals surface area contributed by atoms with Crippen LogP contribution in [-0.4, -0.2) is 23.3 Å². The predicted molar refractivity (Wildman–Crippen MR) is 96.2 cm³/mol. The maximum atomic E-state index is 12.4. The van der Waals surface area contributed by atoms with Crippen LogP contribution < -0.4 is 10.1 Å². The van der Waals surface area contributed by atoms with E-state index in [4.69, 9.17) is 27.9 Å². The fourth-order valence-corrected chi connectivity index (χ4v) is 2.85. The number of rotatable bonds is 5. The lowest BCUT2D eigenvalue weighted by Crippen LogP contribution is -2.14.